The highest BCUT2D eigenvalue weighted by Gasteiger charge is 2.38. The van der Waals surface area contributed by atoms with E-state index in [1.807, 2.05) is 0 Å². The molecule has 1 atom stereocenters. The average molecular weight is 214 g/mol. The van der Waals surface area contributed by atoms with Gasteiger partial charge in [-0.3, -0.25) is 0 Å². The van der Waals surface area contributed by atoms with Gasteiger partial charge >= 0.3 is 0 Å². The summed E-state index contributed by atoms with van der Waals surface area (Å²) in [5.74, 6) is 0. The van der Waals surface area contributed by atoms with Crippen LogP contribution in [-0.4, -0.2) is 37.1 Å². The van der Waals surface area contributed by atoms with Crippen molar-refractivity contribution >= 4 is 0 Å². The van der Waals surface area contributed by atoms with Gasteiger partial charge in [0.25, 0.3) is 0 Å². The Hall–Kier alpha value is -0.0800. The van der Waals surface area contributed by atoms with Crippen molar-refractivity contribution in [3.8, 4) is 0 Å². The Balaban J connectivity index is 4.77. The molecule has 0 amide bonds. The van der Waals surface area contributed by atoms with Gasteiger partial charge in [-0.2, -0.15) is 0 Å². The number of hydrogen-bond acceptors (Lipinski definition) is 2. The van der Waals surface area contributed by atoms with Gasteiger partial charge in [0.2, 0.25) is 0 Å². The van der Waals surface area contributed by atoms with Gasteiger partial charge in [-0.15, -0.1) is 0 Å². The standard InChI is InChI=1S/C13H30N2/c1-9-10-14-11(12(2,3)4)13(5,6)15(7)8/h11,14H,9-10H2,1-8H3. The van der Waals surface area contributed by atoms with Crippen LogP contribution in [0.3, 0.4) is 0 Å². The lowest BCUT2D eigenvalue weighted by Crippen LogP contribution is -2.60. The van der Waals surface area contributed by atoms with Gasteiger partial charge in [-0.25, -0.2) is 0 Å². The van der Waals surface area contributed by atoms with Crippen LogP contribution >= 0.6 is 0 Å². The van der Waals surface area contributed by atoms with E-state index in [1.165, 1.54) is 6.42 Å². The van der Waals surface area contributed by atoms with Crippen LogP contribution in [0.25, 0.3) is 0 Å². The van der Waals surface area contributed by atoms with Gasteiger partial charge in [0, 0.05) is 11.6 Å². The summed E-state index contributed by atoms with van der Waals surface area (Å²) in [6, 6.07) is 0.500. The Morgan fingerprint density at radius 1 is 1.07 bits per heavy atom. The van der Waals surface area contributed by atoms with E-state index in [9.17, 15) is 0 Å². The van der Waals surface area contributed by atoms with Crippen molar-refractivity contribution in [1.82, 2.24) is 10.2 Å². The van der Waals surface area contributed by atoms with Gasteiger partial charge < -0.3 is 10.2 Å². The van der Waals surface area contributed by atoms with E-state index < -0.39 is 0 Å². The number of rotatable bonds is 5. The second-order valence-electron chi connectivity index (χ2n) is 6.30. The molecular formula is C13H30N2. The van der Waals surface area contributed by atoms with E-state index in [2.05, 4.69) is 65.9 Å². The quantitative estimate of drug-likeness (QED) is 0.757. The third-order valence-electron chi connectivity index (χ3n) is 3.32. The maximum Gasteiger partial charge on any atom is 0.0305 e. The second kappa shape index (κ2) is 5.31. The minimum atomic E-state index is 0.174. The van der Waals surface area contributed by atoms with Crippen molar-refractivity contribution < 1.29 is 0 Å². The zero-order valence-corrected chi connectivity index (χ0v) is 11.9. The van der Waals surface area contributed by atoms with Gasteiger partial charge in [0.05, 0.1) is 0 Å². The van der Waals surface area contributed by atoms with Crippen LogP contribution in [0.5, 0.6) is 0 Å². The van der Waals surface area contributed by atoms with Crippen molar-refractivity contribution in [2.75, 3.05) is 20.6 Å². The smallest absolute Gasteiger partial charge is 0.0305 e. The molecule has 0 radical (unpaired) electrons. The molecule has 0 spiro atoms. The predicted molar refractivity (Wildman–Crippen MR) is 69.3 cm³/mol. The van der Waals surface area contributed by atoms with Crippen LogP contribution in [0.1, 0.15) is 48.0 Å². The van der Waals surface area contributed by atoms with E-state index in [0.717, 1.165) is 6.54 Å². The molecule has 0 bridgehead atoms. The molecule has 0 aromatic rings. The third-order valence-corrected chi connectivity index (χ3v) is 3.32. The highest BCUT2D eigenvalue weighted by atomic mass is 15.2. The summed E-state index contributed by atoms with van der Waals surface area (Å²) in [6.45, 7) is 14.9. The highest BCUT2D eigenvalue weighted by molar-refractivity contribution is 4.97. The fourth-order valence-electron chi connectivity index (χ4n) is 2.16. The molecule has 1 N–H and O–H groups in total. The Morgan fingerprint density at radius 2 is 1.53 bits per heavy atom. The number of likely N-dealkylation sites (N-methyl/N-ethyl adjacent to an activating group) is 1. The maximum atomic E-state index is 3.69. The van der Waals surface area contributed by atoms with Crippen molar-refractivity contribution in [2.45, 2.75) is 59.5 Å². The molecule has 0 saturated heterocycles. The maximum absolute atomic E-state index is 3.69. The summed E-state index contributed by atoms with van der Waals surface area (Å²) in [6.07, 6.45) is 1.19. The van der Waals surface area contributed by atoms with Crippen molar-refractivity contribution in [1.29, 1.82) is 0 Å². The molecule has 0 aromatic heterocycles. The lowest BCUT2D eigenvalue weighted by molar-refractivity contribution is 0.0729. The minimum absolute atomic E-state index is 0.174. The fourth-order valence-corrected chi connectivity index (χ4v) is 2.16. The lowest BCUT2D eigenvalue weighted by Gasteiger charge is -2.47. The molecule has 0 fully saturated rings. The predicted octanol–water partition coefficient (Wildman–Crippen LogP) is 2.74. The van der Waals surface area contributed by atoms with Gasteiger partial charge in [-0.1, -0.05) is 27.7 Å². The summed E-state index contributed by atoms with van der Waals surface area (Å²) < 4.78 is 0. The van der Waals surface area contributed by atoms with Crippen LogP contribution in [0.4, 0.5) is 0 Å². The Bertz CT molecular complexity index is 177. The monoisotopic (exact) mass is 214 g/mol. The number of nitrogens with zero attached hydrogens (tertiary/aromatic N) is 1. The molecule has 1 unspecified atom stereocenters. The van der Waals surface area contributed by atoms with E-state index in [4.69, 9.17) is 0 Å². The summed E-state index contributed by atoms with van der Waals surface area (Å²) in [7, 11) is 4.32. The molecule has 15 heavy (non-hydrogen) atoms. The van der Waals surface area contributed by atoms with Crippen molar-refractivity contribution in [3.63, 3.8) is 0 Å². The van der Waals surface area contributed by atoms with E-state index in [1.54, 1.807) is 0 Å². The number of nitrogens with one attached hydrogen (secondary N) is 1. The summed E-state index contributed by atoms with van der Waals surface area (Å²) in [5, 5.41) is 3.69. The van der Waals surface area contributed by atoms with Gasteiger partial charge in [0.1, 0.15) is 0 Å². The first-order chi connectivity index (χ1) is 6.64. The molecule has 0 aliphatic heterocycles. The van der Waals surface area contributed by atoms with Crippen LogP contribution in [0, 0.1) is 5.41 Å². The molecule has 2 heteroatoms. The number of hydrogen-bond donors (Lipinski definition) is 1. The Labute approximate surface area is 96.4 Å². The lowest BCUT2D eigenvalue weighted by atomic mass is 9.75. The third kappa shape index (κ3) is 4.12. The molecule has 0 saturated carbocycles. The SMILES string of the molecule is CCCNC(C(C)(C)C)C(C)(C)N(C)C. The topological polar surface area (TPSA) is 15.3 Å². The summed E-state index contributed by atoms with van der Waals surface area (Å²) in [4.78, 5) is 2.31. The zero-order chi connectivity index (χ0) is 12.3. The van der Waals surface area contributed by atoms with Crippen molar-refractivity contribution in [3.05, 3.63) is 0 Å². The highest BCUT2D eigenvalue weighted by Crippen LogP contribution is 2.30. The normalized spacial score (nSPS) is 15.8. The molecule has 0 rings (SSSR count). The first-order valence-electron chi connectivity index (χ1n) is 6.04. The van der Waals surface area contributed by atoms with Crippen molar-refractivity contribution in [2.24, 2.45) is 5.41 Å². The molecule has 92 valence electrons. The van der Waals surface area contributed by atoms with E-state index >= 15 is 0 Å². The molecule has 0 aliphatic rings. The minimum Gasteiger partial charge on any atom is -0.312 e. The van der Waals surface area contributed by atoms with Gasteiger partial charge in [-0.05, 0) is 46.3 Å². The summed E-state index contributed by atoms with van der Waals surface area (Å²) >= 11 is 0. The van der Waals surface area contributed by atoms with Crippen LogP contribution in [-0.2, 0) is 0 Å². The molecule has 0 heterocycles. The second-order valence-corrected chi connectivity index (χ2v) is 6.30. The molecule has 2 nitrogen and oxygen atoms in total. The average Bonchev–Trinajstić information content (AvgIpc) is 2.01. The molecular weight excluding hydrogens is 184 g/mol. The molecule has 0 aromatic carbocycles. The summed E-state index contributed by atoms with van der Waals surface area (Å²) in [5.41, 5.74) is 0.455. The fraction of sp³-hybridized carbons (Fsp3) is 1.00. The van der Waals surface area contributed by atoms with Gasteiger partial charge in [0.15, 0.2) is 0 Å². The Kier molecular flexibility index (Phi) is 5.28. The first-order valence-corrected chi connectivity index (χ1v) is 6.04. The largest absolute Gasteiger partial charge is 0.312 e. The zero-order valence-electron chi connectivity index (χ0n) is 11.9. The Morgan fingerprint density at radius 3 is 1.80 bits per heavy atom. The van der Waals surface area contributed by atoms with Crippen LogP contribution in [0.2, 0.25) is 0 Å². The van der Waals surface area contributed by atoms with E-state index in [-0.39, 0.29) is 11.0 Å². The van der Waals surface area contributed by atoms with Crippen LogP contribution < -0.4 is 5.32 Å². The molecule has 0 aliphatic carbocycles. The van der Waals surface area contributed by atoms with E-state index in [0.29, 0.717) is 6.04 Å². The van der Waals surface area contributed by atoms with Crippen LogP contribution in [0.15, 0.2) is 0 Å². The first kappa shape index (κ1) is 14.9.